The van der Waals surface area contributed by atoms with Gasteiger partial charge in [-0.15, -0.1) is 0 Å². The van der Waals surface area contributed by atoms with Crippen LogP contribution in [0.4, 0.5) is 0 Å². The maximum atomic E-state index is 11.1. The number of hydrogen-bond donors (Lipinski definition) is 0. The van der Waals surface area contributed by atoms with E-state index in [0.29, 0.717) is 12.5 Å². The fraction of sp³-hybridized carbons (Fsp3) is 0.923. The van der Waals surface area contributed by atoms with Gasteiger partial charge in [-0.2, -0.15) is 0 Å². The predicted molar refractivity (Wildman–Crippen MR) is 66.1 cm³/mol. The van der Waals surface area contributed by atoms with Gasteiger partial charge in [-0.3, -0.25) is 4.79 Å². The lowest BCUT2D eigenvalue weighted by molar-refractivity contribution is -0.144. The maximum Gasteiger partial charge on any atom is 0.308 e. The van der Waals surface area contributed by atoms with Crippen molar-refractivity contribution in [2.75, 3.05) is 33.9 Å². The van der Waals surface area contributed by atoms with Crippen molar-refractivity contribution >= 4 is 5.97 Å². The maximum absolute atomic E-state index is 11.1. The number of carbonyl (C=O) groups is 1. The molecule has 0 N–H and O–H groups in total. The molecule has 2 heterocycles. The molecule has 0 amide bonds. The second kappa shape index (κ2) is 6.50. The minimum Gasteiger partial charge on any atom is -0.469 e. The lowest BCUT2D eigenvalue weighted by atomic mass is 9.95. The Morgan fingerprint density at radius 3 is 3.06 bits per heavy atom. The number of methoxy groups -OCH3 is 1. The smallest absolute Gasteiger partial charge is 0.308 e. The molecule has 0 aromatic carbocycles. The van der Waals surface area contributed by atoms with Crippen molar-refractivity contribution in [2.24, 2.45) is 5.92 Å². The molecule has 0 bridgehead atoms. The van der Waals surface area contributed by atoms with Crippen LogP contribution in [-0.2, 0) is 19.0 Å². The average molecular weight is 257 g/mol. The van der Waals surface area contributed by atoms with E-state index in [1.165, 1.54) is 26.5 Å². The molecule has 2 aliphatic rings. The van der Waals surface area contributed by atoms with Crippen molar-refractivity contribution < 1.29 is 19.0 Å². The van der Waals surface area contributed by atoms with Gasteiger partial charge in [-0.25, -0.2) is 0 Å². The SMILES string of the molecule is COC(=O)CC1COC(CC2CCCN(C)C2)O1. The summed E-state index contributed by atoms with van der Waals surface area (Å²) in [5, 5.41) is 0. The third-order valence-corrected chi connectivity index (χ3v) is 3.68. The first-order chi connectivity index (χ1) is 8.67. The van der Waals surface area contributed by atoms with Crippen LogP contribution in [0.15, 0.2) is 0 Å². The van der Waals surface area contributed by atoms with Gasteiger partial charge in [0.1, 0.15) is 0 Å². The largest absolute Gasteiger partial charge is 0.469 e. The van der Waals surface area contributed by atoms with Crippen LogP contribution in [0.2, 0.25) is 0 Å². The van der Waals surface area contributed by atoms with Crippen LogP contribution in [0, 0.1) is 5.92 Å². The van der Waals surface area contributed by atoms with Crippen molar-refractivity contribution in [1.82, 2.24) is 4.90 Å². The normalized spacial score (nSPS) is 33.6. The minimum absolute atomic E-state index is 0.135. The van der Waals surface area contributed by atoms with Gasteiger partial charge < -0.3 is 19.1 Å². The summed E-state index contributed by atoms with van der Waals surface area (Å²) in [4.78, 5) is 13.5. The Kier molecular flexibility index (Phi) is 4.97. The third kappa shape index (κ3) is 3.93. The summed E-state index contributed by atoms with van der Waals surface area (Å²) in [6.45, 7) is 2.81. The average Bonchev–Trinajstić information content (AvgIpc) is 2.76. The summed E-state index contributed by atoms with van der Waals surface area (Å²) in [6.07, 6.45) is 3.44. The van der Waals surface area contributed by atoms with Crippen LogP contribution in [0.3, 0.4) is 0 Å². The quantitative estimate of drug-likeness (QED) is 0.704. The molecule has 0 aliphatic carbocycles. The summed E-state index contributed by atoms with van der Waals surface area (Å²) >= 11 is 0. The van der Waals surface area contributed by atoms with Gasteiger partial charge in [-0.05, 0) is 32.4 Å². The fourth-order valence-corrected chi connectivity index (χ4v) is 2.75. The zero-order valence-corrected chi connectivity index (χ0v) is 11.3. The van der Waals surface area contributed by atoms with Crippen LogP contribution in [0.25, 0.3) is 0 Å². The van der Waals surface area contributed by atoms with Crippen molar-refractivity contribution in [3.63, 3.8) is 0 Å². The molecule has 2 rings (SSSR count). The van der Waals surface area contributed by atoms with Crippen molar-refractivity contribution in [2.45, 2.75) is 38.1 Å². The number of piperidine rings is 1. The Balaban J connectivity index is 1.70. The lowest BCUT2D eigenvalue weighted by Crippen LogP contribution is -2.34. The Labute approximate surface area is 108 Å². The van der Waals surface area contributed by atoms with E-state index in [9.17, 15) is 4.79 Å². The topological polar surface area (TPSA) is 48.0 Å². The number of hydrogen-bond acceptors (Lipinski definition) is 5. The Hall–Kier alpha value is -0.650. The van der Waals surface area contributed by atoms with Gasteiger partial charge in [0, 0.05) is 13.0 Å². The van der Waals surface area contributed by atoms with Gasteiger partial charge in [0.05, 0.1) is 26.2 Å². The first-order valence-corrected chi connectivity index (χ1v) is 6.69. The number of likely N-dealkylation sites (tertiary alicyclic amines) is 1. The van der Waals surface area contributed by atoms with Crippen LogP contribution in [0.1, 0.15) is 25.7 Å². The summed E-state index contributed by atoms with van der Waals surface area (Å²) in [5.41, 5.74) is 0. The van der Waals surface area contributed by atoms with Crippen molar-refractivity contribution in [3.05, 3.63) is 0 Å². The van der Waals surface area contributed by atoms with Crippen LogP contribution < -0.4 is 0 Å². The zero-order chi connectivity index (χ0) is 13.0. The molecular weight excluding hydrogens is 234 g/mol. The number of carbonyl (C=O) groups excluding carboxylic acids is 1. The molecule has 104 valence electrons. The fourth-order valence-electron chi connectivity index (χ4n) is 2.75. The lowest BCUT2D eigenvalue weighted by Gasteiger charge is -2.30. The highest BCUT2D eigenvalue weighted by Gasteiger charge is 2.31. The molecule has 2 saturated heterocycles. The number of rotatable bonds is 4. The number of ether oxygens (including phenoxy) is 3. The van der Waals surface area contributed by atoms with Crippen LogP contribution >= 0.6 is 0 Å². The molecular formula is C13H23NO4. The zero-order valence-electron chi connectivity index (χ0n) is 11.3. The van der Waals surface area contributed by atoms with Gasteiger partial charge in [-0.1, -0.05) is 0 Å². The Bertz CT molecular complexity index is 284. The molecule has 3 unspecified atom stereocenters. The highest BCUT2D eigenvalue weighted by molar-refractivity contribution is 5.69. The second-order valence-electron chi connectivity index (χ2n) is 5.31. The monoisotopic (exact) mass is 257 g/mol. The van der Waals surface area contributed by atoms with Crippen molar-refractivity contribution in [3.8, 4) is 0 Å². The standard InChI is InChI=1S/C13H23NO4/c1-14-5-3-4-10(8-14)6-13-17-9-11(18-13)7-12(15)16-2/h10-11,13H,3-9H2,1-2H3. The van der Waals surface area contributed by atoms with E-state index in [0.717, 1.165) is 13.0 Å². The summed E-state index contributed by atoms with van der Waals surface area (Å²) in [6, 6.07) is 0. The molecule has 2 fully saturated rings. The van der Waals surface area contributed by atoms with Gasteiger partial charge in [0.2, 0.25) is 0 Å². The molecule has 0 aromatic rings. The van der Waals surface area contributed by atoms with E-state index in [2.05, 4.69) is 16.7 Å². The molecule has 18 heavy (non-hydrogen) atoms. The first kappa shape index (κ1) is 13.8. The van der Waals surface area contributed by atoms with E-state index in [-0.39, 0.29) is 24.8 Å². The Morgan fingerprint density at radius 2 is 2.33 bits per heavy atom. The molecule has 0 spiro atoms. The summed E-state index contributed by atoms with van der Waals surface area (Å²) in [7, 11) is 3.55. The number of nitrogens with zero attached hydrogens (tertiary/aromatic N) is 1. The first-order valence-electron chi connectivity index (χ1n) is 6.69. The van der Waals surface area contributed by atoms with Crippen LogP contribution in [-0.4, -0.2) is 57.1 Å². The third-order valence-electron chi connectivity index (χ3n) is 3.68. The van der Waals surface area contributed by atoms with E-state index in [1.54, 1.807) is 0 Å². The molecule has 3 atom stereocenters. The van der Waals surface area contributed by atoms with Gasteiger partial charge in [0.25, 0.3) is 0 Å². The van der Waals surface area contributed by atoms with E-state index < -0.39 is 0 Å². The minimum atomic E-state index is -0.235. The van der Waals surface area contributed by atoms with E-state index >= 15 is 0 Å². The predicted octanol–water partition coefficient (Wildman–Crippen LogP) is 1.02. The number of esters is 1. The van der Waals surface area contributed by atoms with Crippen LogP contribution in [0.5, 0.6) is 0 Å². The summed E-state index contributed by atoms with van der Waals surface area (Å²) < 4.78 is 16.0. The Morgan fingerprint density at radius 1 is 1.50 bits per heavy atom. The molecule has 5 nitrogen and oxygen atoms in total. The molecule has 0 saturated carbocycles. The summed E-state index contributed by atoms with van der Waals surface area (Å²) in [5.74, 6) is 0.410. The highest BCUT2D eigenvalue weighted by atomic mass is 16.7. The van der Waals surface area contributed by atoms with Gasteiger partial charge in [0.15, 0.2) is 6.29 Å². The molecule has 0 radical (unpaired) electrons. The van der Waals surface area contributed by atoms with E-state index in [1.807, 2.05) is 0 Å². The molecule has 5 heteroatoms. The van der Waals surface area contributed by atoms with E-state index in [4.69, 9.17) is 9.47 Å². The van der Waals surface area contributed by atoms with Gasteiger partial charge >= 0.3 is 5.97 Å². The molecule has 2 aliphatic heterocycles. The molecule has 0 aromatic heterocycles. The van der Waals surface area contributed by atoms with Crippen molar-refractivity contribution in [1.29, 1.82) is 0 Å². The second-order valence-corrected chi connectivity index (χ2v) is 5.31. The highest BCUT2D eigenvalue weighted by Crippen LogP contribution is 2.25.